The van der Waals surface area contributed by atoms with Gasteiger partial charge in [0.25, 0.3) is 10.0 Å². The molecule has 152 valence electrons. The minimum absolute atomic E-state index is 0.0672. The molecule has 1 aliphatic rings. The first kappa shape index (κ1) is 20.6. The van der Waals surface area contributed by atoms with Gasteiger partial charge in [0, 0.05) is 32.9 Å². The van der Waals surface area contributed by atoms with Crippen LogP contribution in [0.4, 0.5) is 11.4 Å². The van der Waals surface area contributed by atoms with Crippen molar-refractivity contribution in [2.24, 2.45) is 0 Å². The molecular weight excluding hydrogens is 398 g/mol. The Balaban J connectivity index is 1.87. The predicted octanol–water partition coefficient (Wildman–Crippen LogP) is 2.73. The molecule has 2 aromatic carbocycles. The minimum Gasteiger partial charge on any atom is -0.371 e. The number of hydrogen-bond donors (Lipinski definition) is 1. The molecule has 28 heavy (non-hydrogen) atoms. The third-order valence-electron chi connectivity index (χ3n) is 4.71. The molecule has 0 bridgehead atoms. The number of nitrogens with one attached hydrogen (secondary N) is 1. The number of hydrogen-bond acceptors (Lipinski definition) is 5. The van der Waals surface area contributed by atoms with Gasteiger partial charge in [-0.05, 0) is 55.7 Å². The molecule has 0 unspecified atom stereocenters. The van der Waals surface area contributed by atoms with E-state index in [1.54, 1.807) is 6.07 Å². The van der Waals surface area contributed by atoms with Gasteiger partial charge in [-0.1, -0.05) is 12.1 Å². The molecule has 0 atom stereocenters. The average Bonchev–Trinajstić information content (AvgIpc) is 2.68. The highest BCUT2D eigenvalue weighted by molar-refractivity contribution is 7.93. The Labute approximate surface area is 167 Å². The summed E-state index contributed by atoms with van der Waals surface area (Å²) in [5.74, 6) is 0. The monoisotopic (exact) mass is 423 g/mol. The minimum atomic E-state index is -3.92. The summed E-state index contributed by atoms with van der Waals surface area (Å²) < 4.78 is 53.8. The Kier molecular flexibility index (Phi) is 5.97. The summed E-state index contributed by atoms with van der Waals surface area (Å²) >= 11 is 0. The molecular formula is C19H25N3O4S2. The van der Waals surface area contributed by atoms with Gasteiger partial charge >= 0.3 is 0 Å². The smallest absolute Gasteiger partial charge is 0.261 e. The van der Waals surface area contributed by atoms with Gasteiger partial charge in [-0.25, -0.2) is 21.1 Å². The van der Waals surface area contributed by atoms with Crippen molar-refractivity contribution in [2.45, 2.75) is 29.1 Å². The summed E-state index contributed by atoms with van der Waals surface area (Å²) in [4.78, 5) is 2.08. The zero-order valence-electron chi connectivity index (χ0n) is 16.0. The Bertz CT molecular complexity index is 1040. The van der Waals surface area contributed by atoms with E-state index in [1.165, 1.54) is 44.8 Å². The lowest BCUT2D eigenvalue weighted by molar-refractivity contribution is 0.520. The first-order valence-corrected chi connectivity index (χ1v) is 12.0. The van der Waals surface area contributed by atoms with Crippen molar-refractivity contribution < 1.29 is 16.8 Å². The van der Waals surface area contributed by atoms with Crippen LogP contribution in [-0.4, -0.2) is 48.3 Å². The van der Waals surface area contributed by atoms with Crippen LogP contribution in [0.1, 0.15) is 19.3 Å². The quantitative estimate of drug-likeness (QED) is 0.772. The summed E-state index contributed by atoms with van der Waals surface area (Å²) in [6, 6.07) is 12.6. The van der Waals surface area contributed by atoms with Gasteiger partial charge in [-0.15, -0.1) is 0 Å². The van der Waals surface area contributed by atoms with Crippen molar-refractivity contribution in [3.63, 3.8) is 0 Å². The van der Waals surface area contributed by atoms with E-state index in [0.717, 1.165) is 35.9 Å². The van der Waals surface area contributed by atoms with Gasteiger partial charge in [-0.3, -0.25) is 4.72 Å². The normalized spacial score (nSPS) is 15.6. The summed E-state index contributed by atoms with van der Waals surface area (Å²) in [6.07, 6.45) is 3.47. The molecule has 0 aromatic heterocycles. The van der Waals surface area contributed by atoms with Crippen LogP contribution in [0.2, 0.25) is 0 Å². The molecule has 3 rings (SSSR count). The van der Waals surface area contributed by atoms with Crippen LogP contribution in [0.25, 0.3) is 0 Å². The van der Waals surface area contributed by atoms with Crippen LogP contribution < -0.4 is 9.62 Å². The number of anilines is 2. The molecule has 0 radical (unpaired) electrons. The summed E-state index contributed by atoms with van der Waals surface area (Å²) in [5.41, 5.74) is 1.42. The number of sulfonamides is 2. The molecule has 1 fully saturated rings. The lowest BCUT2D eigenvalue weighted by Crippen LogP contribution is -2.29. The summed E-state index contributed by atoms with van der Waals surface area (Å²) in [6.45, 7) is 1.92. The number of nitrogens with zero attached hydrogens (tertiary/aromatic N) is 2. The fourth-order valence-corrected chi connectivity index (χ4v) is 5.26. The highest BCUT2D eigenvalue weighted by atomic mass is 32.2. The fourth-order valence-electron chi connectivity index (χ4n) is 3.14. The third kappa shape index (κ3) is 4.48. The van der Waals surface area contributed by atoms with Gasteiger partial charge in [0.15, 0.2) is 0 Å². The van der Waals surface area contributed by atoms with E-state index >= 15 is 0 Å². The van der Waals surface area contributed by atoms with Crippen molar-refractivity contribution in [1.82, 2.24) is 4.31 Å². The highest BCUT2D eigenvalue weighted by Gasteiger charge is 2.21. The maximum atomic E-state index is 12.8. The molecule has 0 aliphatic carbocycles. The summed E-state index contributed by atoms with van der Waals surface area (Å²) in [5, 5.41) is 0. The van der Waals surface area contributed by atoms with Crippen molar-refractivity contribution in [3.05, 3.63) is 48.5 Å². The van der Waals surface area contributed by atoms with Gasteiger partial charge in [-0.2, -0.15) is 0 Å². The van der Waals surface area contributed by atoms with Crippen LogP contribution in [0, 0.1) is 0 Å². The maximum absolute atomic E-state index is 12.8. The van der Waals surface area contributed by atoms with Gasteiger partial charge in [0.1, 0.15) is 0 Å². The SMILES string of the molecule is CN(C)S(=O)(=O)c1cccc(S(=O)(=O)Nc2cccc(N3CCCCC3)c2)c1. The highest BCUT2D eigenvalue weighted by Crippen LogP contribution is 2.25. The zero-order valence-corrected chi connectivity index (χ0v) is 17.6. The Morgan fingerprint density at radius 1 is 0.857 bits per heavy atom. The molecule has 1 heterocycles. The van der Waals surface area contributed by atoms with Gasteiger partial charge in [0.2, 0.25) is 10.0 Å². The van der Waals surface area contributed by atoms with Gasteiger partial charge < -0.3 is 4.90 Å². The predicted molar refractivity (Wildman–Crippen MR) is 111 cm³/mol. The first-order chi connectivity index (χ1) is 13.2. The van der Waals surface area contributed by atoms with E-state index in [0.29, 0.717) is 5.69 Å². The number of rotatable bonds is 6. The van der Waals surface area contributed by atoms with Crippen molar-refractivity contribution >= 4 is 31.4 Å². The molecule has 9 heteroatoms. The molecule has 1 N–H and O–H groups in total. The van der Waals surface area contributed by atoms with E-state index in [9.17, 15) is 16.8 Å². The molecule has 7 nitrogen and oxygen atoms in total. The molecule has 1 saturated heterocycles. The second kappa shape index (κ2) is 8.10. The number of benzene rings is 2. The van der Waals surface area contributed by atoms with Gasteiger partial charge in [0.05, 0.1) is 15.5 Å². The standard InChI is InChI=1S/C19H25N3O4S2/c1-21(2)28(25,26)19-11-7-10-18(15-19)27(23,24)20-16-8-6-9-17(14-16)22-12-4-3-5-13-22/h6-11,14-15,20H,3-5,12-13H2,1-2H3. The zero-order chi connectivity index (χ0) is 20.4. The van der Waals surface area contributed by atoms with E-state index in [1.807, 2.05) is 18.2 Å². The van der Waals surface area contributed by atoms with Crippen molar-refractivity contribution in [2.75, 3.05) is 36.8 Å². The van der Waals surface area contributed by atoms with Crippen LogP contribution in [0.3, 0.4) is 0 Å². The Morgan fingerprint density at radius 3 is 2.18 bits per heavy atom. The third-order valence-corrected chi connectivity index (χ3v) is 7.90. The lowest BCUT2D eigenvalue weighted by atomic mass is 10.1. The van der Waals surface area contributed by atoms with E-state index in [2.05, 4.69) is 9.62 Å². The molecule has 1 aliphatic heterocycles. The molecule has 0 spiro atoms. The lowest BCUT2D eigenvalue weighted by Gasteiger charge is -2.29. The largest absolute Gasteiger partial charge is 0.371 e. The molecule has 2 aromatic rings. The molecule has 0 amide bonds. The maximum Gasteiger partial charge on any atom is 0.261 e. The van der Waals surface area contributed by atoms with Crippen molar-refractivity contribution in [1.29, 1.82) is 0 Å². The topological polar surface area (TPSA) is 86.8 Å². The second-order valence-electron chi connectivity index (χ2n) is 6.97. The second-order valence-corrected chi connectivity index (χ2v) is 10.8. The van der Waals surface area contributed by atoms with Crippen LogP contribution in [-0.2, 0) is 20.0 Å². The summed E-state index contributed by atoms with van der Waals surface area (Å²) in [7, 11) is -4.83. The molecule has 0 saturated carbocycles. The number of piperidine rings is 1. The van der Waals surface area contributed by atoms with Crippen molar-refractivity contribution in [3.8, 4) is 0 Å². The van der Waals surface area contributed by atoms with E-state index < -0.39 is 20.0 Å². The Hall–Kier alpha value is -2.10. The van der Waals surface area contributed by atoms with E-state index in [-0.39, 0.29) is 9.79 Å². The average molecular weight is 424 g/mol. The first-order valence-electron chi connectivity index (χ1n) is 9.10. The van der Waals surface area contributed by atoms with Crippen LogP contribution in [0.5, 0.6) is 0 Å². The Morgan fingerprint density at radius 2 is 1.50 bits per heavy atom. The fraction of sp³-hybridized carbons (Fsp3) is 0.368. The van der Waals surface area contributed by atoms with Crippen LogP contribution in [0.15, 0.2) is 58.3 Å². The van der Waals surface area contributed by atoms with Crippen LogP contribution >= 0.6 is 0 Å². The van der Waals surface area contributed by atoms with E-state index in [4.69, 9.17) is 0 Å².